The summed E-state index contributed by atoms with van der Waals surface area (Å²) >= 11 is 6.09. The maximum Gasteiger partial charge on any atom is 0.192 e. The molecule has 3 aromatic rings. The molecular weight excluding hydrogens is 270 g/mol. The Hall–Kier alpha value is -2.06. The van der Waals surface area contributed by atoms with E-state index in [1.165, 1.54) is 0 Å². The molecule has 0 N–H and O–H groups in total. The van der Waals surface area contributed by atoms with E-state index < -0.39 is 0 Å². The maximum absolute atomic E-state index is 12.4. The Morgan fingerprint density at radius 3 is 2.55 bits per heavy atom. The summed E-state index contributed by atoms with van der Waals surface area (Å²) in [5.74, 6) is 0. The van der Waals surface area contributed by atoms with E-state index >= 15 is 0 Å². The van der Waals surface area contributed by atoms with Crippen molar-refractivity contribution in [2.24, 2.45) is 0 Å². The molecule has 0 radical (unpaired) electrons. The van der Waals surface area contributed by atoms with Gasteiger partial charge < -0.3 is 4.57 Å². The first kappa shape index (κ1) is 12.9. The molecule has 2 nitrogen and oxygen atoms in total. The van der Waals surface area contributed by atoms with Gasteiger partial charge in [0.05, 0.1) is 5.52 Å². The van der Waals surface area contributed by atoms with Crippen molar-refractivity contribution in [3.8, 4) is 5.69 Å². The van der Waals surface area contributed by atoms with E-state index in [0.717, 1.165) is 16.8 Å². The minimum atomic E-state index is 0.0892. The normalized spacial score (nSPS) is 10.9. The molecule has 0 saturated carbocycles. The Labute approximate surface area is 122 Å². The summed E-state index contributed by atoms with van der Waals surface area (Å²) in [6, 6.07) is 15.4. The molecule has 0 spiro atoms. The monoisotopic (exact) mass is 283 g/mol. The van der Waals surface area contributed by atoms with Crippen molar-refractivity contribution >= 4 is 22.5 Å². The molecule has 1 heterocycles. The number of pyridine rings is 1. The van der Waals surface area contributed by atoms with Crippen LogP contribution in [0.4, 0.5) is 0 Å². The largest absolute Gasteiger partial charge is 0.316 e. The highest BCUT2D eigenvalue weighted by Gasteiger charge is 2.09. The quantitative estimate of drug-likeness (QED) is 0.691. The number of rotatable bonds is 2. The van der Waals surface area contributed by atoms with Gasteiger partial charge in [-0.15, -0.1) is 0 Å². The number of benzene rings is 2. The highest BCUT2D eigenvalue weighted by Crippen LogP contribution is 2.21. The van der Waals surface area contributed by atoms with Crippen LogP contribution < -0.4 is 5.43 Å². The van der Waals surface area contributed by atoms with Crippen LogP contribution in [0.2, 0.25) is 5.02 Å². The van der Waals surface area contributed by atoms with Crippen LogP contribution in [0.3, 0.4) is 0 Å². The average Bonchev–Trinajstić information content (AvgIpc) is 2.48. The lowest BCUT2D eigenvalue weighted by atomic mass is 10.1. The van der Waals surface area contributed by atoms with E-state index in [-0.39, 0.29) is 5.43 Å². The van der Waals surface area contributed by atoms with Gasteiger partial charge in [-0.1, -0.05) is 36.7 Å². The molecule has 0 bridgehead atoms. The van der Waals surface area contributed by atoms with Crippen LogP contribution in [-0.2, 0) is 6.42 Å². The molecule has 0 atom stereocenters. The first-order valence-corrected chi connectivity index (χ1v) is 6.97. The van der Waals surface area contributed by atoms with Gasteiger partial charge in [0.1, 0.15) is 0 Å². The summed E-state index contributed by atoms with van der Waals surface area (Å²) in [5.41, 5.74) is 2.76. The van der Waals surface area contributed by atoms with E-state index in [0.29, 0.717) is 16.8 Å². The molecule has 2 aromatic carbocycles. The molecule has 1 aromatic heterocycles. The van der Waals surface area contributed by atoms with Crippen molar-refractivity contribution in [3.63, 3.8) is 0 Å². The van der Waals surface area contributed by atoms with Gasteiger partial charge in [-0.3, -0.25) is 4.79 Å². The molecular formula is C17H14ClNO. The van der Waals surface area contributed by atoms with Crippen molar-refractivity contribution in [3.05, 3.63) is 75.5 Å². The Bertz CT molecular complexity index is 822. The van der Waals surface area contributed by atoms with Gasteiger partial charge in [-0.2, -0.15) is 0 Å². The zero-order valence-electron chi connectivity index (χ0n) is 11.1. The first-order valence-electron chi connectivity index (χ1n) is 6.60. The van der Waals surface area contributed by atoms with Crippen LogP contribution in [0.15, 0.2) is 59.5 Å². The average molecular weight is 284 g/mol. The highest BCUT2D eigenvalue weighted by molar-refractivity contribution is 6.31. The van der Waals surface area contributed by atoms with Gasteiger partial charge in [0, 0.05) is 27.9 Å². The van der Waals surface area contributed by atoms with Gasteiger partial charge in [-0.25, -0.2) is 0 Å². The summed E-state index contributed by atoms with van der Waals surface area (Å²) in [6.45, 7) is 1.99. The third-order valence-corrected chi connectivity index (χ3v) is 3.69. The van der Waals surface area contributed by atoms with E-state index in [2.05, 4.69) is 0 Å². The Morgan fingerprint density at radius 2 is 1.85 bits per heavy atom. The van der Waals surface area contributed by atoms with Crippen LogP contribution in [0.1, 0.15) is 12.5 Å². The predicted molar refractivity (Wildman–Crippen MR) is 83.9 cm³/mol. The molecule has 0 aliphatic rings. The fraction of sp³-hybridized carbons (Fsp3) is 0.118. The molecule has 100 valence electrons. The van der Waals surface area contributed by atoms with Crippen LogP contribution >= 0.6 is 11.6 Å². The Kier molecular flexibility index (Phi) is 3.33. The molecule has 0 amide bonds. The summed E-state index contributed by atoms with van der Waals surface area (Å²) in [6.07, 6.45) is 2.63. The molecule has 0 fully saturated rings. The SMILES string of the molecule is CCc1cn(-c2ccccc2)c2cc(Cl)ccc2c1=O. The molecule has 3 rings (SSSR count). The fourth-order valence-corrected chi connectivity index (χ4v) is 2.57. The van der Waals surface area contributed by atoms with Gasteiger partial charge in [-0.05, 0) is 36.8 Å². The predicted octanol–water partition coefficient (Wildman–Crippen LogP) is 4.21. The van der Waals surface area contributed by atoms with Crippen LogP contribution in [0.25, 0.3) is 16.6 Å². The van der Waals surface area contributed by atoms with E-state index in [1.807, 2.05) is 54.1 Å². The number of hydrogen-bond acceptors (Lipinski definition) is 1. The van der Waals surface area contributed by atoms with Crippen LogP contribution in [0, 0.1) is 0 Å². The minimum Gasteiger partial charge on any atom is -0.316 e. The van der Waals surface area contributed by atoms with Crippen molar-refractivity contribution in [1.29, 1.82) is 0 Å². The number of fused-ring (bicyclic) bond motifs is 1. The lowest BCUT2D eigenvalue weighted by Gasteiger charge is -2.13. The topological polar surface area (TPSA) is 22.0 Å². The third kappa shape index (κ3) is 2.12. The first-order chi connectivity index (χ1) is 9.70. The van der Waals surface area contributed by atoms with Crippen molar-refractivity contribution in [1.82, 2.24) is 4.57 Å². The fourth-order valence-electron chi connectivity index (χ4n) is 2.41. The lowest BCUT2D eigenvalue weighted by molar-refractivity contribution is 1.02. The highest BCUT2D eigenvalue weighted by atomic mass is 35.5. The molecule has 0 aliphatic heterocycles. The summed E-state index contributed by atoms with van der Waals surface area (Å²) < 4.78 is 2.03. The lowest BCUT2D eigenvalue weighted by Crippen LogP contribution is -2.13. The van der Waals surface area contributed by atoms with E-state index in [4.69, 9.17) is 11.6 Å². The maximum atomic E-state index is 12.4. The zero-order chi connectivity index (χ0) is 14.1. The van der Waals surface area contributed by atoms with Crippen molar-refractivity contribution < 1.29 is 0 Å². The second kappa shape index (κ2) is 5.14. The number of halogens is 1. The number of aryl methyl sites for hydroxylation is 1. The van der Waals surface area contributed by atoms with Crippen molar-refractivity contribution in [2.45, 2.75) is 13.3 Å². The zero-order valence-corrected chi connectivity index (χ0v) is 11.9. The second-order valence-corrected chi connectivity index (χ2v) is 5.14. The molecule has 20 heavy (non-hydrogen) atoms. The summed E-state index contributed by atoms with van der Waals surface area (Å²) in [5, 5.41) is 1.34. The van der Waals surface area contributed by atoms with Gasteiger partial charge >= 0.3 is 0 Å². The Balaban J connectivity index is 2.44. The number of hydrogen-bond donors (Lipinski definition) is 0. The smallest absolute Gasteiger partial charge is 0.192 e. The Morgan fingerprint density at radius 1 is 1.10 bits per heavy atom. The third-order valence-electron chi connectivity index (χ3n) is 3.46. The number of nitrogens with zero attached hydrogens (tertiary/aromatic N) is 1. The second-order valence-electron chi connectivity index (χ2n) is 4.70. The van der Waals surface area contributed by atoms with Gasteiger partial charge in [0.15, 0.2) is 5.43 Å². The number of para-hydroxylation sites is 1. The van der Waals surface area contributed by atoms with Gasteiger partial charge in [0.25, 0.3) is 0 Å². The molecule has 3 heteroatoms. The molecule has 0 aliphatic carbocycles. The standard InChI is InChI=1S/C17H14ClNO/c1-2-12-11-19(14-6-4-3-5-7-14)16-10-13(18)8-9-15(16)17(12)20/h3-11H,2H2,1H3. The van der Waals surface area contributed by atoms with Crippen LogP contribution in [0.5, 0.6) is 0 Å². The van der Waals surface area contributed by atoms with E-state index in [1.54, 1.807) is 12.1 Å². The van der Waals surface area contributed by atoms with Crippen LogP contribution in [-0.4, -0.2) is 4.57 Å². The van der Waals surface area contributed by atoms with E-state index in [9.17, 15) is 4.79 Å². The summed E-state index contributed by atoms with van der Waals surface area (Å²) in [7, 11) is 0. The molecule has 0 saturated heterocycles. The summed E-state index contributed by atoms with van der Waals surface area (Å²) in [4.78, 5) is 12.4. The molecule has 0 unspecified atom stereocenters. The van der Waals surface area contributed by atoms with Crippen molar-refractivity contribution in [2.75, 3.05) is 0 Å². The van der Waals surface area contributed by atoms with Gasteiger partial charge in [0.2, 0.25) is 0 Å². The minimum absolute atomic E-state index is 0.0892. The number of aromatic nitrogens is 1.